The van der Waals surface area contributed by atoms with Crippen molar-refractivity contribution in [2.75, 3.05) is 0 Å². The number of hydrogen-bond acceptors (Lipinski definition) is 6. The Morgan fingerprint density at radius 1 is 0.889 bits per heavy atom. The quantitative estimate of drug-likeness (QED) is 0.132. The van der Waals surface area contributed by atoms with Gasteiger partial charge in [-0.05, 0) is 28.3 Å². The zero-order valence-electron chi connectivity index (χ0n) is 20.9. The van der Waals surface area contributed by atoms with Crippen LogP contribution in [0.25, 0.3) is 10.8 Å². The highest BCUT2D eigenvalue weighted by Crippen LogP contribution is 2.53. The van der Waals surface area contributed by atoms with Gasteiger partial charge in [0.15, 0.2) is 11.2 Å². The van der Waals surface area contributed by atoms with Crippen molar-refractivity contribution in [3.05, 3.63) is 70.5 Å². The summed E-state index contributed by atoms with van der Waals surface area (Å²) in [6.07, 6.45) is 0. The Labute approximate surface area is 207 Å². The summed E-state index contributed by atoms with van der Waals surface area (Å²) in [5, 5.41) is 23.2. The van der Waals surface area contributed by atoms with Crippen LogP contribution in [0.15, 0.2) is 54.6 Å². The summed E-state index contributed by atoms with van der Waals surface area (Å²) in [5.74, 6) is -5.20. The molecule has 0 bridgehead atoms. The van der Waals surface area contributed by atoms with Gasteiger partial charge >= 0.3 is 17.6 Å². The third-order valence-electron chi connectivity index (χ3n) is 6.28. The molecule has 0 aliphatic rings. The van der Waals surface area contributed by atoms with Crippen molar-refractivity contribution in [2.45, 2.75) is 41.5 Å². The van der Waals surface area contributed by atoms with Crippen molar-refractivity contribution in [1.82, 2.24) is 0 Å². The second-order valence-corrected chi connectivity index (χ2v) is 10.5. The number of esters is 1. The molecule has 0 heterocycles. The van der Waals surface area contributed by atoms with Crippen LogP contribution in [0, 0.1) is 32.2 Å². The second kappa shape index (κ2) is 9.22. The minimum atomic E-state index is -2.08. The summed E-state index contributed by atoms with van der Waals surface area (Å²) >= 11 is 0. The molecule has 3 aromatic rings. The number of benzene rings is 3. The van der Waals surface area contributed by atoms with Gasteiger partial charge in [-0.2, -0.15) is 4.39 Å². The van der Waals surface area contributed by atoms with Crippen molar-refractivity contribution in [1.29, 1.82) is 0 Å². The van der Waals surface area contributed by atoms with Gasteiger partial charge in [-0.25, -0.2) is 0 Å². The van der Waals surface area contributed by atoms with Gasteiger partial charge in [0.25, 0.3) is 0 Å². The standard InChI is InChI=1S/C27H28FNO7/c1-25(2,3)27(23(30)31,26(4,5)6)24(32)36-20-15-14-18(29(33)34)22(21(20)28)35-19-13-9-11-16-10-7-8-12-17(16)19/h7-15H,1-6H3,(H,30,31). The van der Waals surface area contributed by atoms with E-state index in [0.29, 0.717) is 5.39 Å². The Bertz CT molecular complexity index is 1330. The molecule has 0 saturated carbocycles. The molecule has 0 fully saturated rings. The van der Waals surface area contributed by atoms with E-state index in [9.17, 15) is 24.8 Å². The first-order chi connectivity index (χ1) is 16.6. The summed E-state index contributed by atoms with van der Waals surface area (Å²) in [7, 11) is 0. The summed E-state index contributed by atoms with van der Waals surface area (Å²) < 4.78 is 26.7. The molecule has 0 amide bonds. The summed E-state index contributed by atoms with van der Waals surface area (Å²) in [6, 6.07) is 13.9. The molecule has 190 valence electrons. The van der Waals surface area contributed by atoms with Gasteiger partial charge in [-0.3, -0.25) is 19.7 Å². The first-order valence-corrected chi connectivity index (χ1v) is 11.2. The molecule has 1 N–H and O–H groups in total. The minimum Gasteiger partial charge on any atom is -0.480 e. The number of nitro benzene ring substituents is 1. The SMILES string of the molecule is CC(C)(C)C(C(=O)O)(C(=O)Oc1ccc([N+](=O)[O-])c(Oc2cccc3ccccc23)c1F)C(C)(C)C. The molecule has 0 aliphatic heterocycles. The molecule has 0 unspecified atom stereocenters. The largest absolute Gasteiger partial charge is 0.480 e. The fraction of sp³-hybridized carbons (Fsp3) is 0.333. The van der Waals surface area contributed by atoms with E-state index in [1.807, 2.05) is 0 Å². The maximum atomic E-state index is 15.7. The molecular weight excluding hydrogens is 469 g/mol. The number of hydrogen-bond donors (Lipinski definition) is 1. The number of ether oxygens (including phenoxy) is 2. The average molecular weight is 498 g/mol. The van der Waals surface area contributed by atoms with Crippen LogP contribution in [0.2, 0.25) is 0 Å². The lowest BCUT2D eigenvalue weighted by atomic mass is 9.54. The van der Waals surface area contributed by atoms with Crippen LogP contribution in [0.5, 0.6) is 17.2 Å². The number of halogens is 1. The van der Waals surface area contributed by atoms with Crippen LogP contribution in [-0.2, 0) is 9.59 Å². The molecule has 0 spiro atoms. The van der Waals surface area contributed by atoms with Gasteiger partial charge in [0.2, 0.25) is 11.6 Å². The monoisotopic (exact) mass is 497 g/mol. The summed E-state index contributed by atoms with van der Waals surface area (Å²) in [4.78, 5) is 36.8. The van der Waals surface area contributed by atoms with Crippen LogP contribution in [0.1, 0.15) is 41.5 Å². The molecule has 0 aliphatic carbocycles. The molecule has 0 radical (unpaired) electrons. The van der Waals surface area contributed by atoms with E-state index < -0.39 is 56.1 Å². The summed E-state index contributed by atoms with van der Waals surface area (Å²) in [5.41, 5.74) is -5.02. The normalized spacial score (nSPS) is 12.3. The Morgan fingerprint density at radius 2 is 1.47 bits per heavy atom. The third kappa shape index (κ3) is 4.36. The van der Waals surface area contributed by atoms with Gasteiger partial charge < -0.3 is 14.6 Å². The average Bonchev–Trinajstić information content (AvgIpc) is 2.74. The van der Waals surface area contributed by atoms with E-state index in [1.165, 1.54) is 6.07 Å². The Kier molecular flexibility index (Phi) is 6.81. The highest BCUT2D eigenvalue weighted by molar-refractivity contribution is 6.02. The molecule has 0 saturated heterocycles. The predicted molar refractivity (Wildman–Crippen MR) is 132 cm³/mol. The molecule has 9 heteroatoms. The molecule has 8 nitrogen and oxygen atoms in total. The van der Waals surface area contributed by atoms with E-state index in [0.717, 1.165) is 17.5 Å². The van der Waals surface area contributed by atoms with Gasteiger partial charge in [-0.1, -0.05) is 77.9 Å². The maximum absolute atomic E-state index is 15.7. The van der Waals surface area contributed by atoms with E-state index in [1.54, 1.807) is 77.9 Å². The number of carbonyl (C=O) groups excluding carboxylic acids is 1. The number of fused-ring (bicyclic) bond motifs is 1. The molecule has 0 aromatic heterocycles. The van der Waals surface area contributed by atoms with E-state index in [2.05, 4.69) is 0 Å². The number of carbonyl (C=O) groups is 2. The highest BCUT2D eigenvalue weighted by Gasteiger charge is 2.63. The van der Waals surface area contributed by atoms with Crippen LogP contribution in [0.4, 0.5) is 10.1 Å². The second-order valence-electron chi connectivity index (χ2n) is 10.5. The number of nitrogens with zero attached hydrogens (tertiary/aromatic N) is 1. The van der Waals surface area contributed by atoms with Crippen molar-refractivity contribution in [3.8, 4) is 17.2 Å². The Morgan fingerprint density at radius 3 is 2.03 bits per heavy atom. The van der Waals surface area contributed by atoms with Crippen molar-refractivity contribution >= 4 is 28.4 Å². The van der Waals surface area contributed by atoms with Crippen LogP contribution in [0.3, 0.4) is 0 Å². The lowest BCUT2D eigenvalue weighted by Crippen LogP contribution is -2.59. The third-order valence-corrected chi connectivity index (χ3v) is 6.28. The zero-order valence-corrected chi connectivity index (χ0v) is 20.9. The van der Waals surface area contributed by atoms with Crippen LogP contribution < -0.4 is 9.47 Å². The van der Waals surface area contributed by atoms with Crippen molar-refractivity contribution in [2.24, 2.45) is 16.2 Å². The number of aliphatic carboxylic acids is 1. The number of carboxylic acids is 1. The number of carboxylic acid groups (broad SMARTS) is 1. The summed E-state index contributed by atoms with van der Waals surface area (Å²) in [6.45, 7) is 9.47. The zero-order chi connectivity index (χ0) is 27.1. The van der Waals surface area contributed by atoms with Crippen molar-refractivity contribution in [3.63, 3.8) is 0 Å². The van der Waals surface area contributed by atoms with Gasteiger partial charge in [0.05, 0.1) is 4.92 Å². The fourth-order valence-electron chi connectivity index (χ4n) is 4.88. The fourth-order valence-corrected chi connectivity index (χ4v) is 4.88. The maximum Gasteiger partial charge on any atom is 0.330 e. The van der Waals surface area contributed by atoms with E-state index in [-0.39, 0.29) is 5.75 Å². The van der Waals surface area contributed by atoms with Crippen LogP contribution >= 0.6 is 0 Å². The first kappa shape index (κ1) is 26.6. The lowest BCUT2D eigenvalue weighted by molar-refractivity contribution is -0.385. The lowest BCUT2D eigenvalue weighted by Gasteiger charge is -2.47. The Hall–Kier alpha value is -4.01. The van der Waals surface area contributed by atoms with Gasteiger partial charge in [0, 0.05) is 11.5 Å². The number of nitro groups is 1. The molecule has 3 rings (SSSR count). The van der Waals surface area contributed by atoms with E-state index in [4.69, 9.17) is 9.47 Å². The topological polar surface area (TPSA) is 116 Å². The Balaban J connectivity index is 2.14. The van der Waals surface area contributed by atoms with Crippen LogP contribution in [-0.4, -0.2) is 22.0 Å². The number of rotatable bonds is 6. The smallest absolute Gasteiger partial charge is 0.330 e. The molecule has 3 aromatic carbocycles. The molecule has 0 atom stereocenters. The van der Waals surface area contributed by atoms with Crippen molar-refractivity contribution < 1.29 is 33.5 Å². The molecular formula is C27H28FNO7. The minimum absolute atomic E-state index is 0.155. The van der Waals surface area contributed by atoms with Gasteiger partial charge in [0.1, 0.15) is 5.75 Å². The first-order valence-electron chi connectivity index (χ1n) is 11.2. The highest BCUT2D eigenvalue weighted by atomic mass is 19.1. The molecule has 36 heavy (non-hydrogen) atoms. The van der Waals surface area contributed by atoms with E-state index >= 15 is 4.39 Å². The van der Waals surface area contributed by atoms with Gasteiger partial charge in [-0.15, -0.1) is 0 Å². The predicted octanol–water partition coefficient (Wildman–Crippen LogP) is 6.75.